The molecular formula is C20H25ClN2O7PS+. The van der Waals surface area contributed by atoms with Crippen LogP contribution in [0.3, 0.4) is 0 Å². The Morgan fingerprint density at radius 1 is 1.22 bits per heavy atom. The fourth-order valence-electron chi connectivity index (χ4n) is 2.93. The molecule has 1 fully saturated rings. The second-order valence-electron chi connectivity index (χ2n) is 7.94. The third-order valence-corrected chi connectivity index (χ3v) is 8.43. The number of carbonyl (C=O) groups is 1. The van der Waals surface area contributed by atoms with Crippen molar-refractivity contribution in [3.63, 3.8) is 0 Å². The van der Waals surface area contributed by atoms with Gasteiger partial charge in [-0.3, -0.25) is 0 Å². The summed E-state index contributed by atoms with van der Waals surface area (Å²) in [5.74, 6) is -0.679. The molecule has 1 saturated heterocycles. The summed E-state index contributed by atoms with van der Waals surface area (Å²) in [6.07, 6.45) is 0. The van der Waals surface area contributed by atoms with Gasteiger partial charge in [-0.2, -0.15) is 23.9 Å². The van der Waals surface area contributed by atoms with Gasteiger partial charge < -0.3 is 14.6 Å². The van der Waals surface area contributed by atoms with E-state index < -0.39 is 19.6 Å². The lowest BCUT2D eigenvalue weighted by molar-refractivity contribution is 0.0221. The minimum Gasteiger partial charge on any atom is -0.481 e. The predicted molar refractivity (Wildman–Crippen MR) is 121 cm³/mol. The number of hydrogen-bond donors (Lipinski definition) is 2. The molecule has 9 nitrogen and oxygen atoms in total. The van der Waals surface area contributed by atoms with E-state index in [1.165, 1.54) is 20.3 Å². The molecule has 2 aromatic rings. The van der Waals surface area contributed by atoms with Gasteiger partial charge in [-0.15, -0.1) is 0 Å². The zero-order valence-corrected chi connectivity index (χ0v) is 20.8. The van der Waals surface area contributed by atoms with Crippen molar-refractivity contribution < 1.29 is 33.3 Å². The average Bonchev–Trinajstić information content (AvgIpc) is 2.75. The minimum atomic E-state index is -3.28. The van der Waals surface area contributed by atoms with Crippen LogP contribution in [0.15, 0.2) is 28.3 Å². The summed E-state index contributed by atoms with van der Waals surface area (Å²) in [5.41, 5.74) is -0.569. The number of aromatic carboxylic acids is 1. The molecule has 1 aromatic carbocycles. The lowest BCUT2D eigenvalue weighted by Crippen LogP contribution is -2.32. The molecule has 3 rings (SSSR count). The van der Waals surface area contributed by atoms with E-state index in [4.69, 9.17) is 30.1 Å². The average molecular weight is 504 g/mol. The van der Waals surface area contributed by atoms with Gasteiger partial charge in [-0.1, -0.05) is 31.5 Å². The summed E-state index contributed by atoms with van der Waals surface area (Å²) < 4.78 is 21.7. The predicted octanol–water partition coefficient (Wildman–Crippen LogP) is 4.89. The Balaban J connectivity index is 1.97. The Kier molecular flexibility index (Phi) is 7.54. The number of hydrogen-bond acceptors (Lipinski definition) is 9. The fourth-order valence-corrected chi connectivity index (χ4v) is 6.53. The number of ether oxygens (including phenoxy) is 2. The Labute approximate surface area is 196 Å². The molecule has 174 valence electrons. The van der Waals surface area contributed by atoms with Gasteiger partial charge in [-0.25, -0.2) is 4.79 Å². The van der Waals surface area contributed by atoms with Gasteiger partial charge in [-0.05, 0) is 24.8 Å². The molecule has 0 aliphatic carbocycles. The van der Waals surface area contributed by atoms with Gasteiger partial charge in [0.15, 0.2) is 10.8 Å². The number of halogens is 1. The molecule has 1 unspecified atom stereocenters. The third kappa shape index (κ3) is 5.27. The fraction of sp³-hybridized carbons (Fsp3) is 0.450. The van der Waals surface area contributed by atoms with E-state index in [2.05, 4.69) is 9.97 Å². The molecule has 1 aliphatic heterocycles. The zero-order chi connectivity index (χ0) is 23.7. The number of nitrogens with zero attached hydrogens (tertiary/aromatic N) is 2. The first kappa shape index (κ1) is 25.0. The molecule has 1 atom stereocenters. The Morgan fingerprint density at radius 3 is 2.28 bits per heavy atom. The van der Waals surface area contributed by atoms with Crippen LogP contribution in [0.2, 0.25) is 5.02 Å². The van der Waals surface area contributed by atoms with Crippen molar-refractivity contribution in [3.05, 3.63) is 34.3 Å². The van der Waals surface area contributed by atoms with E-state index in [1.807, 2.05) is 13.8 Å². The highest BCUT2D eigenvalue weighted by Gasteiger charge is 2.54. The van der Waals surface area contributed by atoms with Crippen LogP contribution in [-0.2, 0) is 9.05 Å². The largest absolute Gasteiger partial charge is 0.481 e. The van der Waals surface area contributed by atoms with Crippen molar-refractivity contribution in [1.82, 2.24) is 9.97 Å². The monoisotopic (exact) mass is 503 g/mol. The Hall–Kier alpha value is -1.68. The number of benzene rings is 1. The highest BCUT2D eigenvalue weighted by atomic mass is 35.5. The smallest absolute Gasteiger partial charge is 0.416 e. The lowest BCUT2D eigenvalue weighted by atomic mass is 9.97. The van der Waals surface area contributed by atoms with Crippen molar-refractivity contribution in [2.75, 3.05) is 27.4 Å². The molecule has 32 heavy (non-hydrogen) atoms. The summed E-state index contributed by atoms with van der Waals surface area (Å²) in [7, 11) is -0.369. The highest BCUT2D eigenvalue weighted by molar-refractivity contribution is 7.99. The molecule has 2 N–H and O–H groups in total. The maximum Gasteiger partial charge on any atom is 0.416 e. The quantitative estimate of drug-likeness (QED) is 0.399. The molecule has 1 aliphatic rings. The number of aromatic nitrogens is 2. The summed E-state index contributed by atoms with van der Waals surface area (Å²) in [4.78, 5) is 31.9. The highest BCUT2D eigenvalue weighted by Crippen LogP contribution is 2.71. The number of carboxylic acids is 1. The molecule has 0 bridgehead atoms. The Morgan fingerprint density at radius 2 is 1.78 bits per heavy atom. The van der Waals surface area contributed by atoms with Crippen LogP contribution in [-0.4, -0.2) is 53.4 Å². The molecule has 0 amide bonds. The molecule has 1 aromatic heterocycles. The maximum atomic E-state index is 12.1. The molecule has 2 heterocycles. The van der Waals surface area contributed by atoms with Crippen LogP contribution in [0, 0.1) is 5.41 Å². The molecular weight excluding hydrogens is 479 g/mol. The molecule has 0 saturated carbocycles. The Bertz CT molecular complexity index is 991. The van der Waals surface area contributed by atoms with E-state index in [1.54, 1.807) is 19.1 Å². The SMILES string of the molecule is COc1cc(OC)nc(Sc2ccc(C(C)[P+]3(O)OCC(C)(C)CO3)c(Cl)c2C(=O)O)n1. The van der Waals surface area contributed by atoms with Crippen LogP contribution >= 0.6 is 31.3 Å². The van der Waals surface area contributed by atoms with Gasteiger partial charge in [0.25, 0.3) is 0 Å². The molecule has 0 radical (unpaired) electrons. The van der Waals surface area contributed by atoms with E-state index >= 15 is 0 Å². The first-order chi connectivity index (χ1) is 15.0. The van der Waals surface area contributed by atoms with Crippen LogP contribution < -0.4 is 9.47 Å². The van der Waals surface area contributed by atoms with E-state index in [9.17, 15) is 14.8 Å². The maximum absolute atomic E-state index is 12.1. The zero-order valence-electron chi connectivity index (χ0n) is 18.3. The first-order valence-corrected chi connectivity index (χ1v) is 12.4. The van der Waals surface area contributed by atoms with E-state index in [0.717, 1.165) is 11.8 Å². The van der Waals surface area contributed by atoms with E-state index in [0.29, 0.717) is 23.7 Å². The van der Waals surface area contributed by atoms with Crippen LogP contribution in [0.5, 0.6) is 11.8 Å². The second kappa shape index (κ2) is 9.67. The summed E-state index contributed by atoms with van der Waals surface area (Å²) in [6, 6.07) is 4.76. The van der Waals surface area contributed by atoms with Crippen molar-refractivity contribution in [1.29, 1.82) is 0 Å². The van der Waals surface area contributed by atoms with Gasteiger partial charge in [0, 0.05) is 15.9 Å². The normalized spacial score (nSPS) is 18.1. The lowest BCUT2D eigenvalue weighted by Gasteiger charge is -2.34. The topological polar surface area (TPSA) is 120 Å². The van der Waals surface area contributed by atoms with Gasteiger partial charge in [0.05, 0.1) is 30.9 Å². The summed E-state index contributed by atoms with van der Waals surface area (Å²) in [6.45, 7) is 6.31. The van der Waals surface area contributed by atoms with E-state index in [-0.39, 0.29) is 32.9 Å². The van der Waals surface area contributed by atoms with Crippen LogP contribution in [0.4, 0.5) is 0 Å². The van der Waals surface area contributed by atoms with Crippen LogP contribution in [0.1, 0.15) is 42.4 Å². The number of carboxylic acid groups (broad SMARTS) is 1. The van der Waals surface area contributed by atoms with Crippen molar-refractivity contribution in [3.8, 4) is 11.8 Å². The second-order valence-corrected chi connectivity index (χ2v) is 11.7. The van der Waals surface area contributed by atoms with Crippen molar-refractivity contribution in [2.45, 2.75) is 36.5 Å². The minimum absolute atomic E-state index is 0.00433. The molecule has 12 heteroatoms. The molecule has 0 spiro atoms. The van der Waals surface area contributed by atoms with Crippen molar-refractivity contribution >= 4 is 37.3 Å². The van der Waals surface area contributed by atoms with Crippen LogP contribution in [0.25, 0.3) is 0 Å². The summed E-state index contributed by atoms with van der Waals surface area (Å²) >= 11 is 7.54. The summed E-state index contributed by atoms with van der Waals surface area (Å²) in [5, 5.41) is 10.1. The van der Waals surface area contributed by atoms with Gasteiger partial charge in [0.2, 0.25) is 11.8 Å². The van der Waals surface area contributed by atoms with Gasteiger partial charge >= 0.3 is 13.9 Å². The number of methoxy groups -OCH3 is 2. The number of rotatable bonds is 7. The van der Waals surface area contributed by atoms with Gasteiger partial charge in [0.1, 0.15) is 13.2 Å². The van der Waals surface area contributed by atoms with Crippen molar-refractivity contribution in [2.24, 2.45) is 5.41 Å². The third-order valence-electron chi connectivity index (χ3n) is 4.85. The first-order valence-electron chi connectivity index (χ1n) is 9.61. The standard InChI is InChI=1S/C20H24ClN2O7PS/c1-11(31(26)29-9-20(2,3)10-30-31)12-6-7-13(16(17(12)21)18(24)25)32-19-22-14(27-4)8-15(23-19)28-5/h6-8,11,26H,9-10H2,1-5H3/p+1.